The van der Waals surface area contributed by atoms with E-state index in [1.165, 1.54) is 0 Å². The second kappa shape index (κ2) is 9.53. The van der Waals surface area contributed by atoms with Gasteiger partial charge in [-0.1, -0.05) is 30.3 Å². The Balaban J connectivity index is 1.75. The van der Waals surface area contributed by atoms with E-state index in [0.717, 1.165) is 51.1 Å². The minimum atomic E-state index is -0.208. The lowest BCUT2D eigenvalue weighted by Crippen LogP contribution is -2.42. The van der Waals surface area contributed by atoms with Crippen LogP contribution in [0.15, 0.2) is 30.3 Å². The van der Waals surface area contributed by atoms with Crippen LogP contribution in [0.2, 0.25) is 0 Å². The lowest BCUT2D eigenvalue weighted by molar-refractivity contribution is 0.0838. The third kappa shape index (κ3) is 5.84. The minimum Gasteiger partial charge on any atom is -0.445 e. The van der Waals surface area contributed by atoms with E-state index in [1.54, 1.807) is 0 Å². The zero-order valence-electron chi connectivity index (χ0n) is 14.1. The highest BCUT2D eigenvalue weighted by atomic mass is 16.6. The zero-order valence-corrected chi connectivity index (χ0v) is 14.1. The Labute approximate surface area is 139 Å². The van der Waals surface area contributed by atoms with E-state index < -0.39 is 0 Å². The molecule has 128 valence electrons. The highest BCUT2D eigenvalue weighted by Crippen LogP contribution is 2.18. The molecule has 0 atom stereocenters. The van der Waals surface area contributed by atoms with Gasteiger partial charge in [-0.05, 0) is 44.3 Å². The molecule has 1 heterocycles. The molecule has 1 aliphatic heterocycles. The Kier molecular flexibility index (Phi) is 7.36. The average Bonchev–Trinajstić information content (AvgIpc) is 2.60. The van der Waals surface area contributed by atoms with Gasteiger partial charge in [-0.25, -0.2) is 4.79 Å². The summed E-state index contributed by atoms with van der Waals surface area (Å²) in [6, 6.07) is 9.81. The number of carbonyl (C=O) groups is 1. The first kappa shape index (κ1) is 17.8. The maximum atomic E-state index is 12.3. The molecule has 0 saturated carbocycles. The van der Waals surface area contributed by atoms with Crippen LogP contribution < -0.4 is 5.73 Å². The Morgan fingerprint density at radius 1 is 1.30 bits per heavy atom. The predicted molar refractivity (Wildman–Crippen MR) is 92.1 cm³/mol. The molecule has 2 rings (SSSR count). The summed E-state index contributed by atoms with van der Waals surface area (Å²) < 4.78 is 5.44. The summed E-state index contributed by atoms with van der Waals surface area (Å²) in [6.07, 6.45) is 2.05. The van der Waals surface area contributed by atoms with E-state index in [-0.39, 0.29) is 6.09 Å². The van der Waals surface area contributed by atoms with E-state index in [4.69, 9.17) is 10.5 Å². The summed E-state index contributed by atoms with van der Waals surface area (Å²) in [6.45, 7) is 7.69. The lowest BCUT2D eigenvalue weighted by atomic mass is 9.96. The number of rotatable bonds is 7. The van der Waals surface area contributed by atoms with Crippen molar-refractivity contribution >= 4 is 6.09 Å². The third-order valence-electron chi connectivity index (χ3n) is 4.48. The topological polar surface area (TPSA) is 58.8 Å². The van der Waals surface area contributed by atoms with Gasteiger partial charge in [0.05, 0.1) is 0 Å². The number of nitrogens with zero attached hydrogens (tertiary/aromatic N) is 2. The smallest absolute Gasteiger partial charge is 0.410 e. The number of benzene rings is 1. The van der Waals surface area contributed by atoms with Crippen molar-refractivity contribution in [1.29, 1.82) is 0 Å². The standard InChI is InChI=1S/C18H29N3O2/c1-2-21(14-16-8-11-20(12-9-16)13-10-19)18(22)23-15-17-6-4-3-5-7-17/h3-7,16H,2,8-15,19H2,1H3. The molecule has 1 fully saturated rings. The highest BCUT2D eigenvalue weighted by molar-refractivity contribution is 5.67. The molecule has 1 aromatic rings. The third-order valence-corrected chi connectivity index (χ3v) is 4.48. The summed E-state index contributed by atoms with van der Waals surface area (Å²) in [5.74, 6) is 0.563. The maximum Gasteiger partial charge on any atom is 0.410 e. The number of likely N-dealkylation sites (tertiary alicyclic amines) is 1. The van der Waals surface area contributed by atoms with E-state index in [0.29, 0.717) is 19.1 Å². The van der Waals surface area contributed by atoms with Crippen molar-refractivity contribution in [3.63, 3.8) is 0 Å². The molecule has 1 aromatic carbocycles. The number of carbonyl (C=O) groups excluding carboxylic acids is 1. The lowest BCUT2D eigenvalue weighted by Gasteiger charge is -2.34. The van der Waals surface area contributed by atoms with Gasteiger partial charge in [0.25, 0.3) is 0 Å². The summed E-state index contributed by atoms with van der Waals surface area (Å²) in [5, 5.41) is 0. The number of hydrogen-bond donors (Lipinski definition) is 1. The second-order valence-corrected chi connectivity index (χ2v) is 6.15. The van der Waals surface area contributed by atoms with Gasteiger partial charge in [-0.15, -0.1) is 0 Å². The fourth-order valence-corrected chi connectivity index (χ4v) is 3.03. The Morgan fingerprint density at radius 3 is 2.61 bits per heavy atom. The first-order chi connectivity index (χ1) is 11.2. The van der Waals surface area contributed by atoms with E-state index in [2.05, 4.69) is 4.90 Å². The summed E-state index contributed by atoms with van der Waals surface area (Å²) in [5.41, 5.74) is 6.63. The van der Waals surface area contributed by atoms with Gasteiger partial charge in [-0.3, -0.25) is 0 Å². The molecule has 1 amide bonds. The van der Waals surface area contributed by atoms with Crippen LogP contribution in [0.1, 0.15) is 25.3 Å². The van der Waals surface area contributed by atoms with Crippen LogP contribution >= 0.6 is 0 Å². The van der Waals surface area contributed by atoms with Gasteiger partial charge in [0.1, 0.15) is 6.61 Å². The van der Waals surface area contributed by atoms with Gasteiger partial charge >= 0.3 is 6.09 Å². The normalized spacial score (nSPS) is 16.3. The van der Waals surface area contributed by atoms with E-state index >= 15 is 0 Å². The number of nitrogens with two attached hydrogens (primary N) is 1. The van der Waals surface area contributed by atoms with Crippen LogP contribution in [0.5, 0.6) is 0 Å². The van der Waals surface area contributed by atoms with Crippen molar-refractivity contribution < 1.29 is 9.53 Å². The quantitative estimate of drug-likeness (QED) is 0.838. The van der Waals surface area contributed by atoms with Gasteiger partial charge in [0.2, 0.25) is 0 Å². The molecule has 0 spiro atoms. The monoisotopic (exact) mass is 319 g/mol. The van der Waals surface area contributed by atoms with Crippen LogP contribution in [0, 0.1) is 5.92 Å². The van der Waals surface area contributed by atoms with Gasteiger partial charge in [0.15, 0.2) is 0 Å². The highest BCUT2D eigenvalue weighted by Gasteiger charge is 2.23. The number of amides is 1. The first-order valence-electron chi connectivity index (χ1n) is 8.61. The summed E-state index contributed by atoms with van der Waals surface area (Å²) in [7, 11) is 0. The predicted octanol–water partition coefficient (Wildman–Crippen LogP) is 2.32. The molecule has 0 bridgehead atoms. The van der Waals surface area contributed by atoms with Crippen molar-refractivity contribution in [3.05, 3.63) is 35.9 Å². The van der Waals surface area contributed by atoms with Crippen LogP contribution in [0.3, 0.4) is 0 Å². The van der Waals surface area contributed by atoms with Crippen molar-refractivity contribution in [2.75, 3.05) is 39.3 Å². The minimum absolute atomic E-state index is 0.208. The van der Waals surface area contributed by atoms with Crippen molar-refractivity contribution in [1.82, 2.24) is 9.80 Å². The number of ether oxygens (including phenoxy) is 1. The molecule has 1 saturated heterocycles. The van der Waals surface area contributed by atoms with Crippen LogP contribution in [-0.2, 0) is 11.3 Å². The summed E-state index contributed by atoms with van der Waals surface area (Å²) >= 11 is 0. The molecule has 0 aliphatic carbocycles. The Morgan fingerprint density at radius 2 is 2.00 bits per heavy atom. The number of piperidine rings is 1. The van der Waals surface area contributed by atoms with Crippen molar-refractivity contribution in [3.8, 4) is 0 Å². The van der Waals surface area contributed by atoms with Crippen LogP contribution in [-0.4, -0.2) is 55.2 Å². The van der Waals surface area contributed by atoms with Gasteiger partial charge < -0.3 is 20.3 Å². The Hall–Kier alpha value is -1.59. The van der Waals surface area contributed by atoms with E-state index in [1.807, 2.05) is 42.2 Å². The Bertz CT molecular complexity index is 459. The zero-order chi connectivity index (χ0) is 16.5. The SMILES string of the molecule is CCN(CC1CCN(CCN)CC1)C(=O)OCc1ccccc1. The van der Waals surface area contributed by atoms with E-state index in [9.17, 15) is 4.79 Å². The molecule has 5 heteroatoms. The molecule has 2 N–H and O–H groups in total. The molecular formula is C18H29N3O2. The van der Waals surface area contributed by atoms with Crippen molar-refractivity contribution in [2.45, 2.75) is 26.4 Å². The molecule has 0 unspecified atom stereocenters. The largest absolute Gasteiger partial charge is 0.445 e. The van der Waals surface area contributed by atoms with Gasteiger partial charge in [-0.2, -0.15) is 0 Å². The summed E-state index contributed by atoms with van der Waals surface area (Å²) in [4.78, 5) is 16.5. The van der Waals surface area contributed by atoms with Gasteiger partial charge in [0, 0.05) is 26.2 Å². The molecular weight excluding hydrogens is 290 g/mol. The fraction of sp³-hybridized carbons (Fsp3) is 0.611. The molecule has 0 radical (unpaired) electrons. The van der Waals surface area contributed by atoms with Crippen LogP contribution in [0.4, 0.5) is 4.79 Å². The first-order valence-corrected chi connectivity index (χ1v) is 8.61. The van der Waals surface area contributed by atoms with Crippen molar-refractivity contribution in [2.24, 2.45) is 11.7 Å². The molecule has 0 aromatic heterocycles. The average molecular weight is 319 g/mol. The molecule has 1 aliphatic rings. The second-order valence-electron chi connectivity index (χ2n) is 6.15. The van der Waals surface area contributed by atoms with Crippen LogP contribution in [0.25, 0.3) is 0 Å². The maximum absolute atomic E-state index is 12.3. The number of hydrogen-bond acceptors (Lipinski definition) is 4. The molecule has 23 heavy (non-hydrogen) atoms. The molecule has 5 nitrogen and oxygen atoms in total. The fourth-order valence-electron chi connectivity index (χ4n) is 3.03.